The number of hydrogen-bond donors (Lipinski definition) is 0. The predicted octanol–water partition coefficient (Wildman–Crippen LogP) is 1.78. The molecule has 3 aromatic heterocycles. The van der Waals surface area contributed by atoms with Gasteiger partial charge in [0.05, 0.1) is 36.2 Å². The van der Waals surface area contributed by atoms with Crippen LogP contribution < -0.4 is 0 Å². The van der Waals surface area contributed by atoms with Crippen molar-refractivity contribution in [3.05, 3.63) is 48.9 Å². The van der Waals surface area contributed by atoms with Crippen molar-refractivity contribution in [3.63, 3.8) is 0 Å². The summed E-state index contributed by atoms with van der Waals surface area (Å²) in [7, 11) is -1.47. The highest BCUT2D eigenvalue weighted by atomic mass is 32.2. The molecule has 0 aliphatic carbocycles. The van der Waals surface area contributed by atoms with Crippen LogP contribution >= 0.6 is 0 Å². The monoisotopic (exact) mass is 448 g/mol. The summed E-state index contributed by atoms with van der Waals surface area (Å²) in [6.07, 6.45) is 6.54. The Bertz CT molecular complexity index is 1470. The normalized spacial score (nSPS) is 16.0. The third kappa shape index (κ3) is 3.34. The Hall–Kier alpha value is -3.62. The van der Waals surface area contributed by atoms with Gasteiger partial charge in [0.2, 0.25) is 10.0 Å². The fraction of sp³-hybridized carbons (Fsp3) is 0.286. The zero-order valence-corrected chi connectivity index (χ0v) is 18.4. The summed E-state index contributed by atoms with van der Waals surface area (Å²) >= 11 is 0. The fourth-order valence-electron chi connectivity index (χ4n) is 4.03. The van der Waals surface area contributed by atoms with E-state index in [0.29, 0.717) is 5.69 Å². The van der Waals surface area contributed by atoms with Gasteiger partial charge in [0.15, 0.2) is 0 Å². The number of aryl methyl sites for hydroxylation is 1. The van der Waals surface area contributed by atoms with E-state index in [0.717, 1.165) is 34.0 Å². The average molecular weight is 449 g/mol. The first-order valence-corrected chi connectivity index (χ1v) is 11.8. The van der Waals surface area contributed by atoms with Crippen molar-refractivity contribution in [1.82, 2.24) is 34.1 Å². The zero-order valence-electron chi connectivity index (χ0n) is 17.5. The van der Waals surface area contributed by atoms with E-state index in [1.807, 2.05) is 43.6 Å². The third-order valence-corrected chi connectivity index (χ3v) is 6.94. The van der Waals surface area contributed by atoms with E-state index < -0.39 is 15.6 Å². The quantitative estimate of drug-likeness (QED) is 0.456. The number of aromatic nitrogens is 6. The Morgan fingerprint density at radius 2 is 2.00 bits per heavy atom. The average Bonchev–Trinajstić information content (AvgIpc) is 3.38. The molecule has 4 aromatic rings. The molecule has 0 bridgehead atoms. The topological polar surface area (TPSA) is 123 Å². The number of benzene rings is 1. The first-order chi connectivity index (χ1) is 15.3. The number of hydrogen-bond acceptors (Lipinski definition) is 7. The Labute approximate surface area is 184 Å². The van der Waals surface area contributed by atoms with Gasteiger partial charge in [-0.15, -0.1) is 0 Å². The SMILES string of the molecule is Cn1ccc(-c2cc(-c3cnn(C4(CC#N)CN(S(C)(=O)=O)C4)n3)c3cccnc3c2)n1. The summed E-state index contributed by atoms with van der Waals surface area (Å²) in [4.78, 5) is 5.99. The second-order valence-electron chi connectivity index (χ2n) is 8.08. The van der Waals surface area contributed by atoms with Gasteiger partial charge in [0.1, 0.15) is 11.2 Å². The van der Waals surface area contributed by atoms with Crippen molar-refractivity contribution in [2.24, 2.45) is 7.05 Å². The van der Waals surface area contributed by atoms with Crippen LogP contribution in [0.1, 0.15) is 6.42 Å². The molecule has 0 radical (unpaired) electrons. The van der Waals surface area contributed by atoms with Gasteiger partial charge in [-0.25, -0.2) is 8.42 Å². The Morgan fingerprint density at radius 1 is 1.19 bits per heavy atom. The van der Waals surface area contributed by atoms with Crippen LogP contribution in [-0.2, 0) is 22.6 Å². The molecule has 0 amide bonds. The van der Waals surface area contributed by atoms with Crippen molar-refractivity contribution in [2.75, 3.05) is 19.3 Å². The number of nitriles is 1. The highest BCUT2D eigenvalue weighted by molar-refractivity contribution is 7.88. The van der Waals surface area contributed by atoms with Crippen LogP contribution in [0, 0.1) is 11.3 Å². The third-order valence-electron chi connectivity index (χ3n) is 5.74. The summed E-state index contributed by atoms with van der Waals surface area (Å²) in [5.41, 5.74) is 3.21. The number of fused-ring (bicyclic) bond motifs is 1. The number of nitrogens with zero attached hydrogens (tertiary/aromatic N) is 8. The largest absolute Gasteiger partial charge is 0.275 e. The molecular weight excluding hydrogens is 428 g/mol. The smallest absolute Gasteiger partial charge is 0.211 e. The van der Waals surface area contributed by atoms with Crippen LogP contribution in [0.3, 0.4) is 0 Å². The van der Waals surface area contributed by atoms with Crippen LogP contribution in [0.25, 0.3) is 33.4 Å². The van der Waals surface area contributed by atoms with Crippen LogP contribution in [0.5, 0.6) is 0 Å². The van der Waals surface area contributed by atoms with Crippen molar-refractivity contribution in [1.29, 1.82) is 5.26 Å². The van der Waals surface area contributed by atoms with Crippen LogP contribution in [0.4, 0.5) is 0 Å². The Balaban J connectivity index is 1.59. The van der Waals surface area contributed by atoms with E-state index in [1.165, 1.54) is 9.10 Å². The molecule has 162 valence electrons. The fourth-order valence-corrected chi connectivity index (χ4v) is 4.98. The van der Waals surface area contributed by atoms with Gasteiger partial charge < -0.3 is 0 Å². The molecule has 11 heteroatoms. The number of sulfonamides is 1. The lowest BCUT2D eigenvalue weighted by molar-refractivity contribution is 0.0579. The maximum Gasteiger partial charge on any atom is 0.211 e. The lowest BCUT2D eigenvalue weighted by Gasteiger charge is -2.46. The molecule has 0 spiro atoms. The number of rotatable bonds is 5. The number of pyridine rings is 1. The summed E-state index contributed by atoms with van der Waals surface area (Å²) in [6, 6.07) is 11.9. The van der Waals surface area contributed by atoms with Gasteiger partial charge in [-0.3, -0.25) is 9.67 Å². The predicted molar refractivity (Wildman–Crippen MR) is 118 cm³/mol. The molecule has 32 heavy (non-hydrogen) atoms. The molecule has 1 aliphatic heterocycles. The second-order valence-corrected chi connectivity index (χ2v) is 10.1. The maximum absolute atomic E-state index is 11.9. The molecule has 1 saturated heterocycles. The van der Waals surface area contributed by atoms with Crippen molar-refractivity contribution >= 4 is 20.9 Å². The molecule has 0 N–H and O–H groups in total. The first kappa shape index (κ1) is 20.3. The maximum atomic E-state index is 11.9. The van der Waals surface area contributed by atoms with E-state index in [9.17, 15) is 13.7 Å². The zero-order chi connectivity index (χ0) is 22.5. The lowest BCUT2D eigenvalue weighted by Crippen LogP contribution is -2.64. The van der Waals surface area contributed by atoms with Crippen molar-refractivity contribution < 1.29 is 8.42 Å². The molecule has 4 heterocycles. The lowest BCUT2D eigenvalue weighted by atomic mass is 9.90. The van der Waals surface area contributed by atoms with Crippen molar-refractivity contribution in [3.8, 4) is 28.6 Å². The molecular formula is C21H20N8O2S. The first-order valence-electron chi connectivity index (χ1n) is 9.93. The molecule has 10 nitrogen and oxygen atoms in total. The molecule has 0 saturated carbocycles. The van der Waals surface area contributed by atoms with Gasteiger partial charge in [0, 0.05) is 49.0 Å². The van der Waals surface area contributed by atoms with E-state index in [4.69, 9.17) is 0 Å². The molecule has 0 unspecified atom stereocenters. The summed E-state index contributed by atoms with van der Waals surface area (Å²) < 4.78 is 26.8. The molecule has 1 aliphatic rings. The molecule has 0 atom stereocenters. The van der Waals surface area contributed by atoms with E-state index in [-0.39, 0.29) is 19.5 Å². The minimum atomic E-state index is -3.33. The van der Waals surface area contributed by atoms with E-state index in [2.05, 4.69) is 26.3 Å². The van der Waals surface area contributed by atoms with Crippen LogP contribution in [-0.4, -0.2) is 61.8 Å². The minimum Gasteiger partial charge on any atom is -0.275 e. The highest BCUT2D eigenvalue weighted by Gasteiger charge is 2.50. The van der Waals surface area contributed by atoms with Crippen molar-refractivity contribution in [2.45, 2.75) is 12.0 Å². The second kappa shape index (κ2) is 7.22. The van der Waals surface area contributed by atoms with Gasteiger partial charge in [-0.05, 0) is 24.3 Å². The summed E-state index contributed by atoms with van der Waals surface area (Å²) in [5, 5.41) is 23.9. The van der Waals surface area contributed by atoms with E-state index >= 15 is 0 Å². The summed E-state index contributed by atoms with van der Waals surface area (Å²) in [5.74, 6) is 0. The van der Waals surface area contributed by atoms with Gasteiger partial charge in [0.25, 0.3) is 0 Å². The van der Waals surface area contributed by atoms with Crippen LogP contribution in [0.2, 0.25) is 0 Å². The minimum absolute atomic E-state index is 0.115. The highest BCUT2D eigenvalue weighted by Crippen LogP contribution is 2.35. The Kier molecular flexibility index (Phi) is 4.58. The standard InChI is InChI=1S/C21H20N8O2S/c1-27-9-5-18(25-27)15-10-17(16-4-3-8-23-19(16)11-15)20-12-24-29(26-20)21(6-7-22)13-28(14-21)32(2,30)31/h3-5,8-12H,6,13-14H2,1-2H3. The van der Waals surface area contributed by atoms with E-state index in [1.54, 1.807) is 17.1 Å². The molecule has 5 rings (SSSR count). The summed E-state index contributed by atoms with van der Waals surface area (Å²) in [6.45, 7) is 0.341. The van der Waals surface area contributed by atoms with Gasteiger partial charge in [-0.1, -0.05) is 6.07 Å². The van der Waals surface area contributed by atoms with Crippen LogP contribution in [0.15, 0.2) is 48.9 Å². The molecule has 1 fully saturated rings. The van der Waals surface area contributed by atoms with Gasteiger partial charge >= 0.3 is 0 Å². The Morgan fingerprint density at radius 3 is 2.69 bits per heavy atom. The van der Waals surface area contributed by atoms with Gasteiger partial charge in [-0.2, -0.15) is 29.7 Å². The molecule has 1 aromatic carbocycles.